The molecule has 2 aliphatic rings. The first-order valence-electron chi connectivity index (χ1n) is 10.4. The van der Waals surface area contributed by atoms with E-state index in [0.29, 0.717) is 0 Å². The molecule has 0 radical (unpaired) electrons. The van der Waals surface area contributed by atoms with Crippen molar-refractivity contribution in [2.45, 2.75) is 115 Å². The van der Waals surface area contributed by atoms with E-state index < -0.39 is 0 Å². The lowest BCUT2D eigenvalue weighted by Gasteiger charge is -2.46. The quantitative estimate of drug-likeness (QED) is 0.554. The van der Waals surface area contributed by atoms with Gasteiger partial charge in [-0.3, -0.25) is 9.59 Å². The van der Waals surface area contributed by atoms with Crippen LogP contribution in [0.1, 0.15) is 81.1 Å². The highest BCUT2D eigenvalue weighted by Crippen LogP contribution is 2.29. The van der Waals surface area contributed by atoms with Gasteiger partial charge >= 0.3 is 0 Å². The van der Waals surface area contributed by atoms with Crippen molar-refractivity contribution in [1.29, 1.82) is 0 Å². The Morgan fingerprint density at radius 3 is 1.14 bits per heavy atom. The van der Waals surface area contributed by atoms with Gasteiger partial charge in [-0.1, -0.05) is 0 Å². The predicted octanol–water partition coefficient (Wildman–Crippen LogP) is 2.39. The van der Waals surface area contributed by atoms with E-state index in [1.165, 1.54) is 12.2 Å². The first-order chi connectivity index (χ1) is 12.6. The average Bonchev–Trinajstić information content (AvgIpc) is 2.37. The van der Waals surface area contributed by atoms with Crippen LogP contribution in [0.5, 0.6) is 0 Å². The molecule has 0 unspecified atom stereocenters. The summed E-state index contributed by atoms with van der Waals surface area (Å²) in [5.41, 5.74) is -0.129. The lowest BCUT2D eigenvalue weighted by Crippen LogP contribution is -2.62. The van der Waals surface area contributed by atoms with E-state index in [0.717, 1.165) is 25.7 Å². The van der Waals surface area contributed by atoms with Gasteiger partial charge in [0.05, 0.1) is 0 Å². The van der Waals surface area contributed by atoms with Crippen molar-refractivity contribution >= 4 is 11.8 Å². The minimum absolute atomic E-state index is 0.0323. The molecule has 4 N–H and O–H groups in total. The van der Waals surface area contributed by atoms with Crippen LogP contribution < -0.4 is 21.3 Å². The number of amides is 2. The zero-order chi connectivity index (χ0) is 21.4. The van der Waals surface area contributed by atoms with E-state index in [1.54, 1.807) is 0 Å². The number of nitrogens with one attached hydrogen (secondary N) is 4. The summed E-state index contributed by atoms with van der Waals surface area (Å²) in [5, 5.41) is 13.3. The molecule has 28 heavy (non-hydrogen) atoms. The van der Waals surface area contributed by atoms with E-state index >= 15 is 0 Å². The third kappa shape index (κ3) is 7.21. The second kappa shape index (κ2) is 7.79. The van der Waals surface area contributed by atoms with Crippen molar-refractivity contribution < 1.29 is 9.59 Å². The van der Waals surface area contributed by atoms with Gasteiger partial charge in [-0.25, -0.2) is 0 Å². The lowest BCUT2D eigenvalue weighted by atomic mass is 9.79. The highest BCUT2D eigenvalue weighted by Gasteiger charge is 2.39. The molecular formula is C22H40N4O2. The molecule has 0 aromatic rings. The van der Waals surface area contributed by atoms with Gasteiger partial charge in [0.2, 0.25) is 11.8 Å². The first kappa shape index (κ1) is 22.9. The molecule has 2 rings (SSSR count). The number of carbonyl (C=O) groups is 2. The zero-order valence-corrected chi connectivity index (χ0v) is 19.0. The van der Waals surface area contributed by atoms with Crippen LogP contribution in [-0.2, 0) is 9.59 Å². The smallest absolute Gasteiger partial charge is 0.244 e. The molecule has 6 heteroatoms. The van der Waals surface area contributed by atoms with Gasteiger partial charge in [-0.2, -0.15) is 0 Å². The molecular weight excluding hydrogens is 352 g/mol. The maximum Gasteiger partial charge on any atom is 0.244 e. The van der Waals surface area contributed by atoms with Gasteiger partial charge in [-0.15, -0.1) is 0 Å². The molecule has 0 spiro atoms. The van der Waals surface area contributed by atoms with Crippen LogP contribution in [0.3, 0.4) is 0 Å². The number of hydrogen-bond acceptors (Lipinski definition) is 4. The average molecular weight is 393 g/mol. The molecule has 2 fully saturated rings. The molecule has 0 atom stereocenters. The van der Waals surface area contributed by atoms with Crippen LogP contribution in [0.2, 0.25) is 0 Å². The molecule has 160 valence electrons. The standard InChI is InChI=1S/C22H40N4O2/c1-19(2)11-15(12-20(3,4)25-19)23-17(27)9-10-18(28)24-16-13-21(5,6)26-22(7,8)14-16/h9-10,15-16,25-26H,11-14H2,1-8H3,(H,23,27)(H,24,28)/b10-9+. The fourth-order valence-corrected chi connectivity index (χ4v) is 5.50. The summed E-state index contributed by atoms with van der Waals surface area (Å²) in [6.45, 7) is 17.2. The van der Waals surface area contributed by atoms with E-state index in [4.69, 9.17) is 0 Å². The molecule has 0 saturated carbocycles. The number of piperidine rings is 2. The molecule has 2 heterocycles. The summed E-state index contributed by atoms with van der Waals surface area (Å²) in [4.78, 5) is 24.7. The lowest BCUT2D eigenvalue weighted by molar-refractivity contribution is -0.120. The third-order valence-electron chi connectivity index (χ3n) is 5.46. The Morgan fingerprint density at radius 2 is 0.893 bits per heavy atom. The Bertz CT molecular complexity index is 548. The van der Waals surface area contributed by atoms with Crippen LogP contribution in [0.4, 0.5) is 0 Å². The van der Waals surface area contributed by atoms with E-state index in [9.17, 15) is 9.59 Å². The second-order valence-electron chi connectivity index (χ2n) is 11.3. The van der Waals surface area contributed by atoms with Crippen molar-refractivity contribution in [3.63, 3.8) is 0 Å². The summed E-state index contributed by atoms with van der Waals surface area (Å²) in [6, 6.07) is 0.190. The molecule has 0 aromatic heterocycles. The zero-order valence-electron chi connectivity index (χ0n) is 19.0. The van der Waals surface area contributed by atoms with Gasteiger partial charge in [0, 0.05) is 46.4 Å². The van der Waals surface area contributed by atoms with Crippen molar-refractivity contribution in [2.75, 3.05) is 0 Å². The maximum absolute atomic E-state index is 12.3. The van der Waals surface area contributed by atoms with Gasteiger partial charge < -0.3 is 21.3 Å². The minimum atomic E-state index is -0.209. The third-order valence-corrected chi connectivity index (χ3v) is 5.46. The number of hydrogen-bond donors (Lipinski definition) is 4. The molecule has 0 bridgehead atoms. The Balaban J connectivity index is 1.87. The number of carbonyl (C=O) groups excluding carboxylic acids is 2. The molecule has 2 aliphatic heterocycles. The highest BCUT2D eigenvalue weighted by molar-refractivity contribution is 5.96. The molecule has 2 amide bonds. The van der Waals surface area contributed by atoms with Crippen LogP contribution >= 0.6 is 0 Å². The SMILES string of the molecule is CC1(C)CC(NC(=O)/C=C/C(=O)NC2CC(C)(C)NC(C)(C)C2)CC(C)(C)N1. The largest absolute Gasteiger partial charge is 0.350 e. The topological polar surface area (TPSA) is 82.3 Å². The summed E-state index contributed by atoms with van der Waals surface area (Å²) in [5.74, 6) is -0.417. The molecule has 0 aliphatic carbocycles. The van der Waals surface area contributed by atoms with Gasteiger partial charge in [0.15, 0.2) is 0 Å². The summed E-state index contributed by atoms with van der Waals surface area (Å²) >= 11 is 0. The summed E-state index contributed by atoms with van der Waals surface area (Å²) < 4.78 is 0. The van der Waals surface area contributed by atoms with Crippen LogP contribution in [0.15, 0.2) is 12.2 Å². The first-order valence-corrected chi connectivity index (χ1v) is 10.4. The number of rotatable bonds is 4. The van der Waals surface area contributed by atoms with E-state index in [1.807, 2.05) is 0 Å². The maximum atomic E-state index is 12.3. The summed E-state index contributed by atoms with van der Waals surface area (Å²) in [6.07, 6.45) is 6.16. The normalized spacial score (nSPS) is 26.7. The van der Waals surface area contributed by atoms with Crippen molar-refractivity contribution in [3.8, 4) is 0 Å². The van der Waals surface area contributed by atoms with Gasteiger partial charge in [0.1, 0.15) is 0 Å². The predicted molar refractivity (Wildman–Crippen MR) is 114 cm³/mol. The van der Waals surface area contributed by atoms with Crippen molar-refractivity contribution in [1.82, 2.24) is 21.3 Å². The van der Waals surface area contributed by atoms with Crippen molar-refractivity contribution in [3.05, 3.63) is 12.2 Å². The fraction of sp³-hybridized carbons (Fsp3) is 0.818. The van der Waals surface area contributed by atoms with E-state index in [-0.39, 0.29) is 46.1 Å². The molecule has 0 aromatic carbocycles. The Labute approximate surface area is 170 Å². The van der Waals surface area contributed by atoms with Crippen molar-refractivity contribution in [2.24, 2.45) is 0 Å². The molecule has 6 nitrogen and oxygen atoms in total. The Morgan fingerprint density at radius 1 is 0.643 bits per heavy atom. The van der Waals surface area contributed by atoms with Gasteiger partial charge in [0.25, 0.3) is 0 Å². The monoisotopic (exact) mass is 392 g/mol. The fourth-order valence-electron chi connectivity index (χ4n) is 5.50. The van der Waals surface area contributed by atoms with Crippen LogP contribution in [0.25, 0.3) is 0 Å². The van der Waals surface area contributed by atoms with Crippen LogP contribution in [0, 0.1) is 0 Å². The molecule has 2 saturated heterocycles. The highest BCUT2D eigenvalue weighted by atomic mass is 16.2. The second-order valence-corrected chi connectivity index (χ2v) is 11.3. The Hall–Kier alpha value is -1.40. The minimum Gasteiger partial charge on any atom is -0.350 e. The summed E-state index contributed by atoms with van der Waals surface area (Å²) in [7, 11) is 0. The Kier molecular flexibility index (Phi) is 6.37. The van der Waals surface area contributed by atoms with Gasteiger partial charge in [-0.05, 0) is 81.1 Å². The van der Waals surface area contributed by atoms with Crippen LogP contribution in [-0.4, -0.2) is 46.1 Å². The van der Waals surface area contributed by atoms with E-state index in [2.05, 4.69) is 76.7 Å².